The van der Waals surface area contributed by atoms with Gasteiger partial charge in [0, 0.05) is 12.2 Å². The van der Waals surface area contributed by atoms with E-state index in [0.717, 1.165) is 12.5 Å². The molecule has 1 atom stereocenters. The molecule has 0 amide bonds. The highest BCUT2D eigenvalue weighted by atomic mass is 14.9. The number of nitrogens with one attached hydrogen (secondary N) is 1. The van der Waals surface area contributed by atoms with Crippen molar-refractivity contribution < 1.29 is 0 Å². The lowest BCUT2D eigenvalue weighted by molar-refractivity contribution is 0.425. The molecule has 1 aromatic carbocycles. The molecule has 0 aliphatic rings. The van der Waals surface area contributed by atoms with Crippen molar-refractivity contribution in [1.82, 2.24) is 0 Å². The van der Waals surface area contributed by atoms with E-state index < -0.39 is 0 Å². The van der Waals surface area contributed by atoms with E-state index in [9.17, 15) is 0 Å². The quantitative estimate of drug-likeness (QED) is 0.443. The molecule has 0 bridgehead atoms. The Labute approximate surface area is 126 Å². The van der Waals surface area contributed by atoms with Gasteiger partial charge in [-0.1, -0.05) is 77.0 Å². The molecule has 1 N–H and O–H groups in total. The normalized spacial score (nSPS) is 12.3. The monoisotopic (exact) mass is 275 g/mol. The van der Waals surface area contributed by atoms with Crippen LogP contribution < -0.4 is 5.32 Å². The first-order chi connectivity index (χ1) is 9.86. The number of unbranched alkanes of at least 4 members (excludes halogenated alkanes) is 5. The molecule has 0 saturated heterocycles. The van der Waals surface area contributed by atoms with E-state index in [1.165, 1.54) is 63.5 Å². The summed E-state index contributed by atoms with van der Waals surface area (Å²) in [6, 6.07) is 10.6. The maximum Gasteiger partial charge on any atom is 0.0340 e. The molecule has 0 aromatic heterocycles. The lowest BCUT2D eigenvalue weighted by atomic mass is 9.94. The highest BCUT2D eigenvalue weighted by molar-refractivity contribution is 5.42. The summed E-state index contributed by atoms with van der Waals surface area (Å²) in [5, 5.41) is 3.61. The third-order valence-corrected chi connectivity index (χ3v) is 4.05. The summed E-state index contributed by atoms with van der Waals surface area (Å²) in [7, 11) is 0. The lowest BCUT2D eigenvalue weighted by Crippen LogP contribution is -2.14. The molecule has 1 rings (SSSR count). The van der Waals surface area contributed by atoms with Gasteiger partial charge in [-0.25, -0.2) is 0 Å². The first-order valence-corrected chi connectivity index (χ1v) is 8.65. The molecule has 20 heavy (non-hydrogen) atoms. The molecule has 0 spiro atoms. The number of para-hydroxylation sites is 1. The van der Waals surface area contributed by atoms with Crippen LogP contribution in [-0.2, 0) is 0 Å². The molecule has 0 fully saturated rings. The van der Waals surface area contributed by atoms with Crippen LogP contribution in [0.25, 0.3) is 0 Å². The van der Waals surface area contributed by atoms with Crippen molar-refractivity contribution in [2.45, 2.75) is 71.6 Å². The Balaban J connectivity index is 2.28. The van der Waals surface area contributed by atoms with E-state index in [1.54, 1.807) is 0 Å². The van der Waals surface area contributed by atoms with Crippen molar-refractivity contribution in [2.75, 3.05) is 11.9 Å². The minimum Gasteiger partial charge on any atom is -0.385 e. The molecule has 114 valence electrons. The largest absolute Gasteiger partial charge is 0.385 e. The second-order valence-corrected chi connectivity index (χ2v) is 5.96. The van der Waals surface area contributed by atoms with E-state index >= 15 is 0 Å². The maximum atomic E-state index is 3.61. The van der Waals surface area contributed by atoms with Crippen molar-refractivity contribution >= 4 is 5.69 Å². The second kappa shape index (κ2) is 11.8. The fourth-order valence-electron chi connectivity index (χ4n) is 2.71. The zero-order valence-electron chi connectivity index (χ0n) is 13.5. The third kappa shape index (κ3) is 8.24. The molecule has 1 unspecified atom stereocenters. The summed E-state index contributed by atoms with van der Waals surface area (Å²) < 4.78 is 0. The van der Waals surface area contributed by atoms with Gasteiger partial charge in [0.1, 0.15) is 0 Å². The Bertz CT molecular complexity index is 307. The van der Waals surface area contributed by atoms with Gasteiger partial charge in [0.15, 0.2) is 0 Å². The van der Waals surface area contributed by atoms with E-state index in [1.807, 2.05) is 0 Å². The minimum absolute atomic E-state index is 0.846. The molecule has 0 saturated carbocycles. The van der Waals surface area contributed by atoms with Gasteiger partial charge in [0.25, 0.3) is 0 Å². The fourth-order valence-corrected chi connectivity index (χ4v) is 2.71. The number of hydrogen-bond acceptors (Lipinski definition) is 1. The molecular weight excluding hydrogens is 242 g/mol. The number of anilines is 1. The van der Waals surface area contributed by atoms with Gasteiger partial charge in [0.05, 0.1) is 0 Å². The summed E-state index contributed by atoms with van der Waals surface area (Å²) in [6.45, 7) is 5.72. The highest BCUT2D eigenvalue weighted by Crippen LogP contribution is 2.19. The van der Waals surface area contributed by atoms with Crippen molar-refractivity contribution in [2.24, 2.45) is 5.92 Å². The summed E-state index contributed by atoms with van der Waals surface area (Å²) in [4.78, 5) is 0. The zero-order valence-corrected chi connectivity index (χ0v) is 13.5. The average Bonchev–Trinajstić information content (AvgIpc) is 2.49. The Morgan fingerprint density at radius 2 is 1.40 bits per heavy atom. The first-order valence-electron chi connectivity index (χ1n) is 8.65. The summed E-state index contributed by atoms with van der Waals surface area (Å²) in [5.74, 6) is 0.846. The van der Waals surface area contributed by atoms with Crippen molar-refractivity contribution in [3.05, 3.63) is 30.3 Å². The van der Waals surface area contributed by atoms with E-state index in [0.29, 0.717) is 0 Å². The first kappa shape index (κ1) is 17.1. The SMILES string of the molecule is CCCCCCC(CCCCC)CNc1ccccc1. The fraction of sp³-hybridized carbons (Fsp3) is 0.684. The van der Waals surface area contributed by atoms with Crippen molar-refractivity contribution in [3.8, 4) is 0 Å². The van der Waals surface area contributed by atoms with Crippen molar-refractivity contribution in [1.29, 1.82) is 0 Å². The van der Waals surface area contributed by atoms with Gasteiger partial charge in [-0.2, -0.15) is 0 Å². The summed E-state index contributed by atoms with van der Waals surface area (Å²) >= 11 is 0. The molecule has 0 heterocycles. The minimum atomic E-state index is 0.846. The average molecular weight is 275 g/mol. The zero-order chi connectivity index (χ0) is 14.5. The van der Waals surface area contributed by atoms with Gasteiger partial charge in [0.2, 0.25) is 0 Å². The van der Waals surface area contributed by atoms with Crippen LogP contribution in [0.15, 0.2) is 30.3 Å². The van der Waals surface area contributed by atoms with E-state index in [4.69, 9.17) is 0 Å². The van der Waals surface area contributed by atoms with E-state index in [-0.39, 0.29) is 0 Å². The van der Waals surface area contributed by atoms with Gasteiger partial charge in [-0.15, -0.1) is 0 Å². The predicted molar refractivity (Wildman–Crippen MR) is 91.3 cm³/mol. The van der Waals surface area contributed by atoms with Crippen LogP contribution in [0.2, 0.25) is 0 Å². The lowest BCUT2D eigenvalue weighted by Gasteiger charge is -2.18. The number of hydrogen-bond donors (Lipinski definition) is 1. The molecule has 0 aliphatic heterocycles. The standard InChI is InChI=1S/C19H33N/c1-3-5-7-10-14-18(13-9-6-4-2)17-20-19-15-11-8-12-16-19/h8,11-12,15-16,18,20H,3-7,9-10,13-14,17H2,1-2H3. The van der Waals surface area contributed by atoms with Crippen LogP contribution in [0.5, 0.6) is 0 Å². The molecule has 0 radical (unpaired) electrons. The maximum absolute atomic E-state index is 3.61. The summed E-state index contributed by atoms with van der Waals surface area (Å²) in [5.41, 5.74) is 1.27. The van der Waals surface area contributed by atoms with Crippen molar-refractivity contribution in [3.63, 3.8) is 0 Å². The number of rotatable bonds is 12. The predicted octanol–water partition coefficient (Wildman–Crippen LogP) is 6.27. The van der Waals surface area contributed by atoms with Crippen LogP contribution in [0, 0.1) is 5.92 Å². The van der Waals surface area contributed by atoms with E-state index in [2.05, 4.69) is 49.5 Å². The Morgan fingerprint density at radius 1 is 0.800 bits per heavy atom. The molecule has 1 aromatic rings. The number of benzene rings is 1. The molecule has 0 aliphatic carbocycles. The Kier molecular flexibility index (Phi) is 10.1. The van der Waals surface area contributed by atoms with Gasteiger partial charge in [-0.05, 0) is 30.9 Å². The Morgan fingerprint density at radius 3 is 2.05 bits per heavy atom. The van der Waals surface area contributed by atoms with Crippen LogP contribution in [-0.4, -0.2) is 6.54 Å². The van der Waals surface area contributed by atoms with Crippen LogP contribution in [0.4, 0.5) is 5.69 Å². The molecule has 1 nitrogen and oxygen atoms in total. The molecule has 1 heteroatoms. The van der Waals surface area contributed by atoms with Crippen LogP contribution in [0.3, 0.4) is 0 Å². The molecular formula is C19H33N. The third-order valence-electron chi connectivity index (χ3n) is 4.05. The highest BCUT2D eigenvalue weighted by Gasteiger charge is 2.08. The summed E-state index contributed by atoms with van der Waals surface area (Å²) in [6.07, 6.45) is 12.4. The van der Waals surface area contributed by atoms with Gasteiger partial charge >= 0.3 is 0 Å². The van der Waals surface area contributed by atoms with Gasteiger partial charge in [-0.3, -0.25) is 0 Å². The Hall–Kier alpha value is -0.980. The second-order valence-electron chi connectivity index (χ2n) is 5.96. The topological polar surface area (TPSA) is 12.0 Å². The van der Waals surface area contributed by atoms with Crippen LogP contribution in [0.1, 0.15) is 71.6 Å². The van der Waals surface area contributed by atoms with Gasteiger partial charge < -0.3 is 5.32 Å². The van der Waals surface area contributed by atoms with Crippen LogP contribution >= 0.6 is 0 Å². The smallest absolute Gasteiger partial charge is 0.0340 e.